The van der Waals surface area contributed by atoms with Crippen molar-refractivity contribution in [2.75, 3.05) is 63.9 Å². The third-order valence-corrected chi connectivity index (χ3v) is 15.5. The van der Waals surface area contributed by atoms with Gasteiger partial charge in [-0.05, 0) is 78.0 Å². The Hall–Kier alpha value is -8.79. The number of halogens is 4. The third kappa shape index (κ3) is 13.9. The fraction of sp³-hybridized carbons (Fsp3) is 0.274. The van der Waals surface area contributed by atoms with Crippen LogP contribution >= 0.6 is 11.3 Å². The number of fused-ring (bicyclic) bond motifs is 2. The largest absolute Gasteiger partial charge is 0.492 e. The fourth-order valence-electron chi connectivity index (χ4n) is 10.3. The number of hydrogen-bond acceptors (Lipinski definition) is 12. The van der Waals surface area contributed by atoms with Gasteiger partial charge in [0.2, 0.25) is 11.8 Å². The van der Waals surface area contributed by atoms with Crippen LogP contribution in [0.15, 0.2) is 151 Å². The van der Waals surface area contributed by atoms with Gasteiger partial charge < -0.3 is 30.3 Å². The number of hydrogen-bond donors (Lipinski definition) is 3. The highest BCUT2D eigenvalue weighted by Crippen LogP contribution is 2.44. The van der Waals surface area contributed by atoms with Gasteiger partial charge in [0.1, 0.15) is 48.2 Å². The summed E-state index contributed by atoms with van der Waals surface area (Å²) >= 11 is 1.43. The maximum Gasteiger partial charge on any atom is 0.416 e. The van der Waals surface area contributed by atoms with Gasteiger partial charge in [-0.1, -0.05) is 91.0 Å². The average molecular weight is 1150 g/mol. The second-order valence-corrected chi connectivity index (χ2v) is 20.9. The number of likely N-dealkylation sites (N-methyl/N-ethyl adjacent to an activating group) is 1. The predicted molar refractivity (Wildman–Crippen MR) is 305 cm³/mol. The van der Waals surface area contributed by atoms with Gasteiger partial charge in [-0.15, -0.1) is 11.3 Å². The number of para-hydroxylation sites is 1. The van der Waals surface area contributed by atoms with Gasteiger partial charge in [0.15, 0.2) is 0 Å². The molecule has 4 heterocycles. The lowest BCUT2D eigenvalue weighted by Gasteiger charge is -2.38. The van der Waals surface area contributed by atoms with Crippen LogP contribution in [-0.4, -0.2) is 119 Å². The molecule has 2 aromatic heterocycles. The smallest absolute Gasteiger partial charge is 0.416 e. The molecule has 0 saturated carbocycles. The number of benzene rings is 6. The number of esters is 1. The first-order valence-corrected chi connectivity index (χ1v) is 28.1. The molecule has 16 nitrogen and oxygen atoms in total. The number of rotatable bonds is 21. The molecule has 2 atom stereocenters. The molecule has 0 aliphatic carbocycles. The minimum absolute atomic E-state index is 0.0147. The Bertz CT molecular complexity index is 3610. The number of anilines is 1. The Kier molecular flexibility index (Phi) is 18.0. The summed E-state index contributed by atoms with van der Waals surface area (Å²) in [4.78, 5) is 77.9. The minimum atomic E-state index is -4.72. The number of carbonyl (C=O) groups excluding carboxylic acids is 5. The van der Waals surface area contributed by atoms with E-state index in [-0.39, 0.29) is 56.5 Å². The number of nitrogens with zero attached hydrogens (tertiary/aromatic N) is 6. The molecule has 428 valence electrons. The van der Waals surface area contributed by atoms with Gasteiger partial charge in [-0.25, -0.2) is 14.1 Å². The second-order valence-electron chi connectivity index (χ2n) is 20.1. The van der Waals surface area contributed by atoms with Crippen LogP contribution in [-0.2, 0) is 49.7 Å². The zero-order valence-corrected chi connectivity index (χ0v) is 46.1. The van der Waals surface area contributed by atoms with Crippen molar-refractivity contribution in [1.82, 2.24) is 40.5 Å². The summed E-state index contributed by atoms with van der Waals surface area (Å²) in [5, 5.41) is 17.9. The van der Waals surface area contributed by atoms with Gasteiger partial charge >= 0.3 is 12.1 Å². The molecule has 8 aromatic rings. The first-order chi connectivity index (χ1) is 40.2. The lowest BCUT2D eigenvalue weighted by molar-refractivity contribution is -0.145. The molecule has 1 fully saturated rings. The topological polar surface area (TPSA) is 180 Å². The predicted octanol–water partition coefficient (Wildman–Crippen LogP) is 8.71. The van der Waals surface area contributed by atoms with E-state index in [1.165, 1.54) is 46.6 Å². The van der Waals surface area contributed by atoms with Crippen LogP contribution in [0.1, 0.15) is 63.3 Å². The number of thiazole rings is 1. The SMILES string of the molecule is CCN1C(=O)[C@@H](NC(=O)c2cccc(C(F)(F)F)c2)[C@@H](c2ccc(F)cc2)c2c(CNC(=O)CCN3CCN(CCOc4cccc5ccc(-c6nc(CC(=O)NCC(=O)OCc7ccccc7)cs6)cc45)CC3)nn(-c3ccccc3)c21. The fourth-order valence-corrected chi connectivity index (χ4v) is 11.1. The molecule has 0 bridgehead atoms. The van der Waals surface area contributed by atoms with Gasteiger partial charge in [0, 0.05) is 85.6 Å². The summed E-state index contributed by atoms with van der Waals surface area (Å²) in [6.07, 6.45) is -4.53. The van der Waals surface area contributed by atoms with Crippen molar-refractivity contribution < 1.29 is 51.0 Å². The van der Waals surface area contributed by atoms with Crippen molar-refractivity contribution in [2.45, 2.75) is 51.1 Å². The average Bonchev–Trinajstić information content (AvgIpc) is 4.09. The molecule has 0 radical (unpaired) electrons. The van der Waals surface area contributed by atoms with Crippen molar-refractivity contribution in [2.24, 2.45) is 0 Å². The van der Waals surface area contributed by atoms with Gasteiger partial charge in [-0.2, -0.15) is 18.3 Å². The van der Waals surface area contributed by atoms with E-state index >= 15 is 0 Å². The Morgan fingerprint density at radius 1 is 0.783 bits per heavy atom. The lowest BCUT2D eigenvalue weighted by Crippen LogP contribution is -2.55. The Balaban J connectivity index is 0.739. The van der Waals surface area contributed by atoms with Crippen LogP contribution in [0.25, 0.3) is 27.0 Å². The Morgan fingerprint density at radius 3 is 2.24 bits per heavy atom. The van der Waals surface area contributed by atoms with E-state index in [0.29, 0.717) is 53.7 Å². The first kappa shape index (κ1) is 57.4. The maximum absolute atomic E-state index is 14.7. The normalized spacial score (nSPS) is 15.6. The molecule has 3 N–H and O–H groups in total. The summed E-state index contributed by atoms with van der Waals surface area (Å²) in [5.41, 5.74) is 2.88. The van der Waals surface area contributed by atoms with Gasteiger partial charge in [0.25, 0.3) is 11.8 Å². The molecule has 6 aromatic carbocycles. The first-order valence-electron chi connectivity index (χ1n) is 27.2. The molecule has 2 aliphatic rings. The van der Waals surface area contributed by atoms with Crippen LogP contribution in [0.4, 0.5) is 23.4 Å². The van der Waals surface area contributed by atoms with E-state index in [0.717, 1.165) is 77.0 Å². The summed E-state index contributed by atoms with van der Waals surface area (Å²) in [7, 11) is 0. The number of amides is 4. The molecular weight excluding hydrogens is 1090 g/mol. The highest BCUT2D eigenvalue weighted by atomic mass is 32.1. The zero-order chi connectivity index (χ0) is 58.0. The van der Waals surface area contributed by atoms with Crippen molar-refractivity contribution >= 4 is 57.5 Å². The summed E-state index contributed by atoms with van der Waals surface area (Å²) < 4.78 is 69.0. The third-order valence-electron chi connectivity index (χ3n) is 14.6. The monoisotopic (exact) mass is 1150 g/mol. The lowest BCUT2D eigenvalue weighted by atomic mass is 9.80. The highest BCUT2D eigenvalue weighted by Gasteiger charge is 2.46. The Labute approximate surface area is 480 Å². The van der Waals surface area contributed by atoms with E-state index in [1.807, 2.05) is 102 Å². The summed E-state index contributed by atoms with van der Waals surface area (Å²) in [5.74, 6) is -3.02. The standard InChI is InChI=1S/C62H59F4N9O7S/c1-2-74-60-56(55(42-21-23-46(63)24-22-42)57(61(74)80)70-58(79)43-14-9-15-45(33-43)62(64,65)66)50(71-75(60)48-16-7-4-8-17-48)36-67-52(76)25-26-72-27-29-73(30-28-72)31-32-81-51-18-10-13-41-19-20-44(34-49(41)51)59-69-47(39-83-59)35-53(77)68-37-54(78)82-38-40-11-5-3-6-12-40/h3-24,33-34,39,55,57H,2,25-32,35-38H2,1H3,(H,67,76)(H,68,77)(H,70,79)/t55-,57-/m0/s1. The highest BCUT2D eigenvalue weighted by molar-refractivity contribution is 7.13. The van der Waals surface area contributed by atoms with Crippen LogP contribution in [0.2, 0.25) is 0 Å². The molecule has 83 heavy (non-hydrogen) atoms. The van der Waals surface area contributed by atoms with Crippen molar-refractivity contribution in [3.05, 3.63) is 196 Å². The molecule has 21 heteroatoms. The molecule has 10 rings (SSSR count). The second kappa shape index (κ2) is 26.0. The summed E-state index contributed by atoms with van der Waals surface area (Å²) in [6, 6.07) is 38.3. The zero-order valence-electron chi connectivity index (χ0n) is 45.2. The molecular formula is C62H59F4N9O7S. The molecule has 1 saturated heterocycles. The maximum atomic E-state index is 14.7. The minimum Gasteiger partial charge on any atom is -0.492 e. The van der Waals surface area contributed by atoms with E-state index in [9.17, 15) is 41.5 Å². The molecule has 2 aliphatic heterocycles. The van der Waals surface area contributed by atoms with Crippen molar-refractivity contribution in [1.29, 1.82) is 0 Å². The summed E-state index contributed by atoms with van der Waals surface area (Å²) in [6.45, 7) is 6.29. The van der Waals surface area contributed by atoms with E-state index in [4.69, 9.17) is 19.6 Å². The molecule has 4 amide bonds. The van der Waals surface area contributed by atoms with Gasteiger partial charge in [-0.3, -0.25) is 33.8 Å². The number of piperazine rings is 1. The van der Waals surface area contributed by atoms with Gasteiger partial charge in [0.05, 0.1) is 35.6 Å². The van der Waals surface area contributed by atoms with Crippen LogP contribution in [0.5, 0.6) is 5.75 Å². The van der Waals surface area contributed by atoms with Crippen LogP contribution in [0, 0.1) is 5.82 Å². The number of nitrogens with one attached hydrogen (secondary N) is 3. The molecule has 0 unspecified atom stereocenters. The van der Waals surface area contributed by atoms with E-state index < -0.39 is 47.3 Å². The number of carbonyl (C=O) groups is 5. The number of ether oxygens (including phenoxy) is 2. The van der Waals surface area contributed by atoms with E-state index in [2.05, 4.69) is 25.8 Å². The quantitative estimate of drug-likeness (QED) is 0.0463. The van der Waals surface area contributed by atoms with E-state index in [1.54, 1.807) is 11.6 Å². The van der Waals surface area contributed by atoms with Crippen molar-refractivity contribution in [3.8, 4) is 22.0 Å². The molecule has 0 spiro atoms. The van der Waals surface area contributed by atoms with Crippen LogP contribution < -0.4 is 25.6 Å². The number of alkyl halides is 3. The number of aromatic nitrogens is 3. The Morgan fingerprint density at radius 2 is 1.51 bits per heavy atom. The van der Waals surface area contributed by atoms with Crippen molar-refractivity contribution in [3.63, 3.8) is 0 Å². The van der Waals surface area contributed by atoms with Crippen LogP contribution in [0.3, 0.4) is 0 Å².